The highest BCUT2D eigenvalue weighted by atomic mass is 79.9. The van der Waals surface area contributed by atoms with Crippen molar-refractivity contribution in [1.82, 2.24) is 5.32 Å². The van der Waals surface area contributed by atoms with Crippen molar-refractivity contribution in [2.45, 2.75) is 31.7 Å². The van der Waals surface area contributed by atoms with Crippen LogP contribution in [0.15, 0.2) is 16.6 Å². The van der Waals surface area contributed by atoms with Crippen molar-refractivity contribution in [2.24, 2.45) is 17.8 Å². The Bertz CT molecular complexity index is 495. The fourth-order valence-corrected chi connectivity index (χ4v) is 5.12. The summed E-state index contributed by atoms with van der Waals surface area (Å²) < 4.78 is 6.54. The number of rotatable bonds is 4. The second-order valence-corrected chi connectivity index (χ2v) is 7.26. The maximum atomic E-state index is 6.24. The Morgan fingerprint density at radius 1 is 1.30 bits per heavy atom. The van der Waals surface area contributed by atoms with Crippen LogP contribution in [0.2, 0.25) is 5.02 Å². The quantitative estimate of drug-likeness (QED) is 0.834. The second kappa shape index (κ2) is 5.86. The highest BCUT2D eigenvalue weighted by molar-refractivity contribution is 9.10. The molecule has 2 fully saturated rings. The fourth-order valence-electron chi connectivity index (χ4n) is 4.12. The molecule has 2 nitrogen and oxygen atoms in total. The second-order valence-electron chi connectivity index (χ2n) is 5.97. The maximum Gasteiger partial charge on any atom is 0.137 e. The molecule has 3 unspecified atom stereocenters. The average Bonchev–Trinajstić information content (AvgIpc) is 3.14. The largest absolute Gasteiger partial charge is 0.495 e. The first-order chi connectivity index (χ1) is 9.67. The molecular formula is C16H21BrClNO. The van der Waals surface area contributed by atoms with Gasteiger partial charge in [0.2, 0.25) is 0 Å². The van der Waals surface area contributed by atoms with E-state index in [-0.39, 0.29) is 0 Å². The zero-order chi connectivity index (χ0) is 14.3. The summed E-state index contributed by atoms with van der Waals surface area (Å²) in [4.78, 5) is 0. The summed E-state index contributed by atoms with van der Waals surface area (Å²) >= 11 is 9.81. The zero-order valence-corrected chi connectivity index (χ0v) is 14.3. The smallest absolute Gasteiger partial charge is 0.137 e. The molecule has 0 bridgehead atoms. The van der Waals surface area contributed by atoms with Crippen molar-refractivity contribution in [3.63, 3.8) is 0 Å². The van der Waals surface area contributed by atoms with Gasteiger partial charge >= 0.3 is 0 Å². The Labute approximate surface area is 134 Å². The van der Waals surface area contributed by atoms with E-state index < -0.39 is 0 Å². The van der Waals surface area contributed by atoms with Gasteiger partial charge in [-0.3, -0.25) is 0 Å². The van der Waals surface area contributed by atoms with Gasteiger partial charge in [-0.05, 0) is 65.7 Å². The molecule has 3 atom stereocenters. The van der Waals surface area contributed by atoms with Gasteiger partial charge in [0.15, 0.2) is 0 Å². The normalized spacial score (nSPS) is 29.7. The molecule has 1 aromatic carbocycles. The van der Waals surface area contributed by atoms with Crippen LogP contribution < -0.4 is 10.1 Å². The van der Waals surface area contributed by atoms with Gasteiger partial charge in [-0.25, -0.2) is 0 Å². The minimum absolute atomic E-state index is 0.341. The van der Waals surface area contributed by atoms with Crippen LogP contribution in [-0.4, -0.2) is 14.2 Å². The molecule has 2 saturated carbocycles. The van der Waals surface area contributed by atoms with Crippen LogP contribution in [0.1, 0.15) is 37.3 Å². The number of nitrogens with one attached hydrogen (secondary N) is 1. The van der Waals surface area contributed by atoms with Gasteiger partial charge in [-0.15, -0.1) is 0 Å². The molecule has 2 aliphatic rings. The first-order valence-corrected chi connectivity index (χ1v) is 8.54. The van der Waals surface area contributed by atoms with E-state index >= 15 is 0 Å². The summed E-state index contributed by atoms with van der Waals surface area (Å²) in [6, 6.07) is 4.29. The first-order valence-electron chi connectivity index (χ1n) is 7.37. The Balaban J connectivity index is 1.93. The van der Waals surface area contributed by atoms with Crippen molar-refractivity contribution >= 4 is 27.5 Å². The predicted octanol–water partition coefficient (Wildman–Crippen LogP) is 4.81. The molecule has 110 valence electrons. The highest BCUT2D eigenvalue weighted by Gasteiger charge is 2.54. The summed E-state index contributed by atoms with van der Waals surface area (Å²) in [5, 5.41) is 4.27. The summed E-state index contributed by atoms with van der Waals surface area (Å²) in [6.07, 6.45) is 5.56. The Kier molecular flexibility index (Phi) is 4.30. The Hall–Kier alpha value is -0.250. The summed E-state index contributed by atoms with van der Waals surface area (Å²) in [5.41, 5.74) is 1.19. The monoisotopic (exact) mass is 357 g/mol. The van der Waals surface area contributed by atoms with Gasteiger partial charge in [0.05, 0.1) is 11.6 Å². The van der Waals surface area contributed by atoms with Gasteiger partial charge in [0.1, 0.15) is 5.75 Å². The number of hydrogen-bond acceptors (Lipinski definition) is 2. The molecular weight excluding hydrogens is 338 g/mol. The molecule has 0 aliphatic heterocycles. The number of ether oxygens (including phenoxy) is 1. The van der Waals surface area contributed by atoms with Crippen LogP contribution in [0.5, 0.6) is 5.75 Å². The molecule has 4 heteroatoms. The third-order valence-electron chi connectivity index (χ3n) is 4.99. The number of methoxy groups -OCH3 is 1. The van der Waals surface area contributed by atoms with Gasteiger partial charge in [-0.1, -0.05) is 24.4 Å². The minimum atomic E-state index is 0.341. The zero-order valence-electron chi connectivity index (χ0n) is 12.0. The van der Waals surface area contributed by atoms with Gasteiger partial charge < -0.3 is 10.1 Å². The highest BCUT2D eigenvalue weighted by Crippen LogP contribution is 2.61. The third-order valence-corrected chi connectivity index (χ3v) is 5.80. The van der Waals surface area contributed by atoms with Gasteiger partial charge in [-0.2, -0.15) is 0 Å². The molecule has 1 N–H and O–H groups in total. The van der Waals surface area contributed by atoms with Crippen LogP contribution in [0.3, 0.4) is 0 Å². The van der Waals surface area contributed by atoms with Crippen molar-refractivity contribution in [1.29, 1.82) is 0 Å². The number of benzene rings is 1. The summed E-state index contributed by atoms with van der Waals surface area (Å²) in [7, 11) is 3.77. The third kappa shape index (κ3) is 2.49. The van der Waals surface area contributed by atoms with Crippen molar-refractivity contribution in [2.75, 3.05) is 14.2 Å². The molecule has 2 aliphatic carbocycles. The SMILES string of the molecule is CNC(c1cc(Cl)cc(Br)c1OC)C1C2CCCCC21. The topological polar surface area (TPSA) is 21.3 Å². The number of halogens is 2. The summed E-state index contributed by atoms with van der Waals surface area (Å²) in [6.45, 7) is 0. The van der Waals surface area contributed by atoms with E-state index in [0.717, 1.165) is 33.0 Å². The van der Waals surface area contributed by atoms with Crippen molar-refractivity contribution in [3.8, 4) is 5.75 Å². The maximum absolute atomic E-state index is 6.24. The number of hydrogen-bond donors (Lipinski definition) is 1. The minimum Gasteiger partial charge on any atom is -0.495 e. The van der Waals surface area contributed by atoms with E-state index in [1.165, 1.54) is 31.2 Å². The Morgan fingerprint density at radius 2 is 1.95 bits per heavy atom. The lowest BCUT2D eigenvalue weighted by Crippen LogP contribution is -2.20. The molecule has 0 heterocycles. The molecule has 0 radical (unpaired) electrons. The van der Waals surface area contributed by atoms with Crippen LogP contribution in [-0.2, 0) is 0 Å². The average molecular weight is 359 g/mol. The molecule has 20 heavy (non-hydrogen) atoms. The van der Waals surface area contributed by atoms with Crippen LogP contribution in [0.4, 0.5) is 0 Å². The standard InChI is InChI=1S/C16H21BrClNO/c1-19-15(14-10-5-3-4-6-11(10)14)12-7-9(18)8-13(17)16(12)20-2/h7-8,10-11,14-15,19H,3-6H2,1-2H3. The fraction of sp³-hybridized carbons (Fsp3) is 0.625. The Morgan fingerprint density at radius 3 is 2.50 bits per heavy atom. The van der Waals surface area contributed by atoms with Crippen molar-refractivity contribution < 1.29 is 4.74 Å². The lowest BCUT2D eigenvalue weighted by Gasteiger charge is -2.21. The van der Waals surface area contributed by atoms with E-state index in [9.17, 15) is 0 Å². The van der Waals surface area contributed by atoms with Gasteiger partial charge in [0.25, 0.3) is 0 Å². The van der Waals surface area contributed by atoms with E-state index in [1.807, 2.05) is 13.1 Å². The number of fused-ring (bicyclic) bond motifs is 1. The van der Waals surface area contributed by atoms with Crippen LogP contribution >= 0.6 is 27.5 Å². The van der Waals surface area contributed by atoms with Gasteiger partial charge in [0, 0.05) is 16.6 Å². The van der Waals surface area contributed by atoms with Crippen LogP contribution in [0.25, 0.3) is 0 Å². The summed E-state index contributed by atoms with van der Waals surface area (Å²) in [5.74, 6) is 3.44. The lowest BCUT2D eigenvalue weighted by atomic mass is 9.99. The van der Waals surface area contributed by atoms with E-state index in [1.54, 1.807) is 7.11 Å². The molecule has 0 saturated heterocycles. The molecule has 0 aromatic heterocycles. The first kappa shape index (κ1) is 14.7. The van der Waals surface area contributed by atoms with E-state index in [4.69, 9.17) is 16.3 Å². The molecule has 1 aromatic rings. The predicted molar refractivity (Wildman–Crippen MR) is 86.4 cm³/mol. The lowest BCUT2D eigenvalue weighted by molar-refractivity contribution is 0.388. The van der Waals surface area contributed by atoms with Crippen LogP contribution in [0, 0.1) is 17.8 Å². The van der Waals surface area contributed by atoms with E-state index in [0.29, 0.717) is 6.04 Å². The van der Waals surface area contributed by atoms with E-state index in [2.05, 4.69) is 27.3 Å². The van der Waals surface area contributed by atoms with Crippen molar-refractivity contribution in [3.05, 3.63) is 27.2 Å². The molecule has 3 rings (SSSR count). The molecule has 0 spiro atoms. The molecule has 0 amide bonds.